The van der Waals surface area contributed by atoms with Gasteiger partial charge in [-0.3, -0.25) is 0 Å². The molecule has 1 rings (SSSR count). The number of rotatable bonds is 6. The quantitative estimate of drug-likeness (QED) is 0.645. The normalized spacial score (nSPS) is 20.8. The maximum absolute atomic E-state index is 6.52. The van der Waals surface area contributed by atoms with Gasteiger partial charge in [-0.25, -0.2) is 0 Å². The van der Waals surface area contributed by atoms with Gasteiger partial charge in [-0.2, -0.15) is 0 Å². The zero-order valence-corrected chi connectivity index (χ0v) is 13.1. The third-order valence-corrected chi connectivity index (χ3v) is 11.1. The lowest BCUT2D eigenvalue weighted by Gasteiger charge is -2.31. The Morgan fingerprint density at radius 3 is 2.00 bits per heavy atom. The summed E-state index contributed by atoms with van der Waals surface area (Å²) < 4.78 is 6.52. The smallest absolute Gasteiger partial charge is 0.165 e. The Morgan fingerprint density at radius 1 is 0.933 bits per heavy atom. The molecule has 0 aromatic carbocycles. The Hall–Kier alpha value is 0.394. The Bertz CT molecular complexity index is 154. The van der Waals surface area contributed by atoms with Crippen molar-refractivity contribution in [3.8, 4) is 0 Å². The fourth-order valence-electron chi connectivity index (χ4n) is 2.77. The van der Waals surface area contributed by atoms with E-state index in [1.165, 1.54) is 50.2 Å². The predicted octanol–water partition coefficient (Wildman–Crippen LogP) is 3.84. The van der Waals surface area contributed by atoms with Crippen molar-refractivity contribution in [3.05, 3.63) is 0 Å². The van der Waals surface area contributed by atoms with Crippen LogP contribution in [0.1, 0.15) is 52.9 Å². The fourth-order valence-corrected chi connectivity index (χ4v) is 10.4. The van der Waals surface area contributed by atoms with Crippen LogP contribution in [-0.2, 0) is 4.12 Å². The highest BCUT2D eigenvalue weighted by molar-refractivity contribution is 6.66. The van der Waals surface area contributed by atoms with E-state index in [1.807, 2.05) is 0 Å². The molecule has 0 amide bonds. The molecule has 90 valence electrons. The van der Waals surface area contributed by atoms with E-state index in [4.69, 9.17) is 4.12 Å². The molecule has 1 nitrogen and oxygen atoms in total. The van der Waals surface area contributed by atoms with Crippen molar-refractivity contribution in [3.63, 3.8) is 0 Å². The monoisotopic (exact) mass is 244 g/mol. The highest BCUT2D eigenvalue weighted by atomic mass is 28.4. The Balaban J connectivity index is 2.38. The van der Waals surface area contributed by atoms with E-state index in [2.05, 4.69) is 20.8 Å². The lowest BCUT2D eigenvalue weighted by molar-refractivity contribution is 0.453. The topological polar surface area (TPSA) is 9.23 Å². The van der Waals surface area contributed by atoms with Gasteiger partial charge in [-0.1, -0.05) is 52.9 Å². The SMILES string of the molecule is CC[SiH](CC)O[SiH](CC)C1CCCCC1. The lowest BCUT2D eigenvalue weighted by atomic mass is 10.0. The zero-order chi connectivity index (χ0) is 11.1. The largest absolute Gasteiger partial charge is 0.460 e. The molecule has 1 aliphatic carbocycles. The summed E-state index contributed by atoms with van der Waals surface area (Å²) in [5.74, 6) is 0. The van der Waals surface area contributed by atoms with E-state index in [-0.39, 0.29) is 0 Å². The molecule has 0 radical (unpaired) electrons. The van der Waals surface area contributed by atoms with Crippen LogP contribution in [0.2, 0.25) is 23.7 Å². The average molecular weight is 245 g/mol. The van der Waals surface area contributed by atoms with Crippen LogP contribution in [0.3, 0.4) is 0 Å². The first-order valence-electron chi connectivity index (χ1n) is 6.97. The van der Waals surface area contributed by atoms with Crippen LogP contribution in [0.15, 0.2) is 0 Å². The summed E-state index contributed by atoms with van der Waals surface area (Å²) in [5, 5.41) is 0. The van der Waals surface area contributed by atoms with Crippen molar-refractivity contribution in [1.82, 2.24) is 0 Å². The molecule has 0 heterocycles. The molecule has 1 saturated carbocycles. The van der Waals surface area contributed by atoms with Crippen LogP contribution in [0.4, 0.5) is 0 Å². The van der Waals surface area contributed by atoms with Gasteiger partial charge in [0.25, 0.3) is 0 Å². The van der Waals surface area contributed by atoms with E-state index in [0.29, 0.717) is 0 Å². The van der Waals surface area contributed by atoms with Gasteiger partial charge < -0.3 is 4.12 Å². The Labute approximate surface area is 99.1 Å². The van der Waals surface area contributed by atoms with E-state index >= 15 is 0 Å². The molecule has 0 aromatic heterocycles. The summed E-state index contributed by atoms with van der Waals surface area (Å²) in [5.41, 5.74) is 1.02. The van der Waals surface area contributed by atoms with Crippen molar-refractivity contribution in [2.45, 2.75) is 76.5 Å². The van der Waals surface area contributed by atoms with Gasteiger partial charge in [0.15, 0.2) is 18.1 Å². The van der Waals surface area contributed by atoms with Gasteiger partial charge in [0.05, 0.1) is 0 Å². The minimum atomic E-state index is -0.826. The molecule has 3 heteroatoms. The van der Waals surface area contributed by atoms with E-state index in [9.17, 15) is 0 Å². The summed E-state index contributed by atoms with van der Waals surface area (Å²) >= 11 is 0. The van der Waals surface area contributed by atoms with Crippen molar-refractivity contribution in [1.29, 1.82) is 0 Å². The van der Waals surface area contributed by atoms with Crippen LogP contribution in [-0.4, -0.2) is 18.1 Å². The van der Waals surface area contributed by atoms with Gasteiger partial charge in [-0.15, -0.1) is 0 Å². The molecule has 0 bridgehead atoms. The van der Waals surface area contributed by atoms with Crippen molar-refractivity contribution < 1.29 is 4.12 Å². The standard InChI is InChI=1S/C12H28OSi2/c1-4-14(5-2)13-15(6-3)12-10-8-7-9-11-12/h12,14-15H,4-11H2,1-3H3. The zero-order valence-electron chi connectivity index (χ0n) is 10.8. The van der Waals surface area contributed by atoms with Crippen LogP contribution in [0.5, 0.6) is 0 Å². The summed E-state index contributed by atoms with van der Waals surface area (Å²) in [6, 6.07) is 4.05. The van der Waals surface area contributed by atoms with E-state index in [0.717, 1.165) is 5.54 Å². The molecule has 0 spiro atoms. The first kappa shape index (κ1) is 13.5. The maximum atomic E-state index is 6.52. The summed E-state index contributed by atoms with van der Waals surface area (Å²) in [7, 11) is -1.60. The molecule has 0 aromatic rings. The molecule has 1 atom stereocenters. The van der Waals surface area contributed by atoms with Gasteiger partial charge in [0.2, 0.25) is 0 Å². The average Bonchev–Trinajstić information content (AvgIpc) is 2.32. The number of hydrogen-bond donors (Lipinski definition) is 0. The van der Waals surface area contributed by atoms with Crippen molar-refractivity contribution >= 4 is 18.1 Å². The summed E-state index contributed by atoms with van der Waals surface area (Å²) in [6.07, 6.45) is 7.40. The molecular weight excluding hydrogens is 216 g/mol. The minimum absolute atomic E-state index is 0.777. The molecular formula is C12H28OSi2. The lowest BCUT2D eigenvalue weighted by Crippen LogP contribution is -2.32. The molecule has 0 aliphatic heterocycles. The van der Waals surface area contributed by atoms with Gasteiger partial charge in [0.1, 0.15) is 0 Å². The molecule has 0 saturated heterocycles. The van der Waals surface area contributed by atoms with Crippen LogP contribution < -0.4 is 0 Å². The minimum Gasteiger partial charge on any atom is -0.460 e. The van der Waals surface area contributed by atoms with Crippen LogP contribution >= 0.6 is 0 Å². The predicted molar refractivity (Wildman–Crippen MR) is 73.7 cm³/mol. The summed E-state index contributed by atoms with van der Waals surface area (Å²) in [4.78, 5) is 0. The Kier molecular flexibility index (Phi) is 6.85. The first-order valence-corrected chi connectivity index (χ1v) is 11.0. The van der Waals surface area contributed by atoms with Gasteiger partial charge in [-0.05, 0) is 23.7 Å². The highest BCUT2D eigenvalue weighted by Crippen LogP contribution is 2.33. The second-order valence-electron chi connectivity index (χ2n) is 4.92. The number of hydrogen-bond acceptors (Lipinski definition) is 1. The van der Waals surface area contributed by atoms with Crippen molar-refractivity contribution in [2.75, 3.05) is 0 Å². The fraction of sp³-hybridized carbons (Fsp3) is 1.00. The maximum Gasteiger partial charge on any atom is 0.165 e. The summed E-state index contributed by atoms with van der Waals surface area (Å²) in [6.45, 7) is 7.01. The van der Waals surface area contributed by atoms with Gasteiger partial charge in [0, 0.05) is 0 Å². The van der Waals surface area contributed by atoms with Crippen LogP contribution in [0.25, 0.3) is 0 Å². The second-order valence-corrected chi connectivity index (χ2v) is 11.7. The molecule has 15 heavy (non-hydrogen) atoms. The third kappa shape index (κ3) is 4.41. The van der Waals surface area contributed by atoms with Crippen molar-refractivity contribution in [2.24, 2.45) is 0 Å². The first-order chi connectivity index (χ1) is 7.31. The molecule has 1 unspecified atom stereocenters. The van der Waals surface area contributed by atoms with E-state index < -0.39 is 18.1 Å². The molecule has 0 N–H and O–H groups in total. The third-order valence-electron chi connectivity index (χ3n) is 3.86. The van der Waals surface area contributed by atoms with Crippen LogP contribution in [0, 0.1) is 0 Å². The van der Waals surface area contributed by atoms with E-state index in [1.54, 1.807) is 0 Å². The molecule has 1 aliphatic rings. The van der Waals surface area contributed by atoms with Gasteiger partial charge >= 0.3 is 0 Å². The highest BCUT2D eigenvalue weighted by Gasteiger charge is 2.26. The second kappa shape index (κ2) is 7.63. The Morgan fingerprint density at radius 2 is 1.53 bits per heavy atom. The molecule has 1 fully saturated rings.